The zero-order valence-electron chi connectivity index (χ0n) is 21.5. The third-order valence-electron chi connectivity index (χ3n) is 6.10. The summed E-state index contributed by atoms with van der Waals surface area (Å²) in [5.74, 6) is 0.806. The summed E-state index contributed by atoms with van der Waals surface area (Å²) in [7, 11) is 3.26. The molecule has 3 N–H and O–H groups in total. The predicted octanol–water partition coefficient (Wildman–Crippen LogP) is 6.18. The molecule has 6 heteroatoms. The van der Waals surface area contributed by atoms with Gasteiger partial charge in [0.2, 0.25) is 11.8 Å². The van der Waals surface area contributed by atoms with Gasteiger partial charge >= 0.3 is 0 Å². The number of primary amides is 1. The predicted molar refractivity (Wildman–Crippen MR) is 138 cm³/mol. The highest BCUT2D eigenvalue weighted by Gasteiger charge is 2.24. The zero-order valence-corrected chi connectivity index (χ0v) is 21.5. The molecule has 1 unspecified atom stereocenters. The highest BCUT2D eigenvalue weighted by molar-refractivity contribution is 5.97. The highest BCUT2D eigenvalue weighted by Crippen LogP contribution is 2.36. The zero-order chi connectivity index (χ0) is 25.3. The van der Waals surface area contributed by atoms with Gasteiger partial charge in [-0.3, -0.25) is 9.59 Å². The van der Waals surface area contributed by atoms with E-state index in [-0.39, 0.29) is 17.2 Å². The summed E-state index contributed by atoms with van der Waals surface area (Å²) >= 11 is 0. The van der Waals surface area contributed by atoms with Crippen LogP contribution in [-0.4, -0.2) is 26.0 Å². The van der Waals surface area contributed by atoms with Crippen LogP contribution in [0, 0.1) is 0 Å². The van der Waals surface area contributed by atoms with Gasteiger partial charge in [0.1, 0.15) is 11.5 Å². The monoisotopic (exact) mass is 468 g/mol. The van der Waals surface area contributed by atoms with Gasteiger partial charge in [0.25, 0.3) is 0 Å². The van der Waals surface area contributed by atoms with Crippen molar-refractivity contribution in [1.82, 2.24) is 0 Å². The summed E-state index contributed by atoms with van der Waals surface area (Å²) in [6, 6.07) is 11.0. The molecule has 0 spiro atoms. The van der Waals surface area contributed by atoms with Crippen molar-refractivity contribution in [3.63, 3.8) is 0 Å². The number of amides is 2. The van der Waals surface area contributed by atoms with E-state index in [2.05, 4.69) is 33.0 Å². The molecule has 2 aromatic rings. The third kappa shape index (κ3) is 7.51. The fourth-order valence-electron chi connectivity index (χ4n) is 4.22. The molecule has 1 atom stereocenters. The lowest BCUT2D eigenvalue weighted by molar-refractivity contribution is -0.116. The Balaban J connectivity index is 2.32. The molecular formula is C28H40N2O4. The summed E-state index contributed by atoms with van der Waals surface area (Å²) in [5, 5.41) is 3.06. The number of ether oxygens (including phenoxy) is 2. The maximum Gasteiger partial charge on any atom is 0.248 e. The van der Waals surface area contributed by atoms with Crippen LogP contribution >= 0.6 is 0 Å². The Bertz CT molecular complexity index is 979. The van der Waals surface area contributed by atoms with E-state index < -0.39 is 5.91 Å². The molecule has 0 aliphatic carbocycles. The van der Waals surface area contributed by atoms with Crippen molar-refractivity contribution in [1.29, 1.82) is 0 Å². The van der Waals surface area contributed by atoms with Gasteiger partial charge < -0.3 is 20.5 Å². The first-order valence-electron chi connectivity index (χ1n) is 12.1. The van der Waals surface area contributed by atoms with Crippen molar-refractivity contribution in [2.45, 2.75) is 77.6 Å². The fraction of sp³-hybridized carbons (Fsp3) is 0.500. The number of nitrogens with one attached hydrogen (secondary N) is 1. The van der Waals surface area contributed by atoms with E-state index in [1.54, 1.807) is 26.4 Å². The summed E-state index contributed by atoms with van der Waals surface area (Å²) in [5.41, 5.74) is 8.22. The normalized spacial score (nSPS) is 12.2. The van der Waals surface area contributed by atoms with Crippen molar-refractivity contribution in [3.8, 4) is 11.5 Å². The van der Waals surface area contributed by atoms with E-state index in [0.29, 0.717) is 23.4 Å². The number of hydrogen-bond donors (Lipinski definition) is 2. The average Bonchev–Trinajstić information content (AvgIpc) is 2.79. The Labute approximate surface area is 204 Å². The second-order valence-corrected chi connectivity index (χ2v) is 9.78. The standard InChI is InChI=1S/C28H40N2O4/c1-7-8-9-10-11-19(22-14-13-21(33-5)18-25(22)34-6)17-26(31)30-24-16-20(27(29)32)12-15-23(24)28(2,3)4/h12-16,18-19H,7-11,17H2,1-6H3,(H2,29,32)(H,30,31). The minimum Gasteiger partial charge on any atom is -0.497 e. The fourth-order valence-corrected chi connectivity index (χ4v) is 4.22. The van der Waals surface area contributed by atoms with Crippen LogP contribution in [-0.2, 0) is 10.2 Å². The van der Waals surface area contributed by atoms with E-state index in [4.69, 9.17) is 15.2 Å². The number of rotatable bonds is 12. The Morgan fingerprint density at radius 3 is 2.32 bits per heavy atom. The molecule has 0 saturated heterocycles. The third-order valence-corrected chi connectivity index (χ3v) is 6.10. The molecule has 0 bridgehead atoms. The number of carbonyl (C=O) groups excluding carboxylic acids is 2. The van der Waals surface area contributed by atoms with Crippen LogP contribution in [0.3, 0.4) is 0 Å². The highest BCUT2D eigenvalue weighted by atomic mass is 16.5. The first kappa shape index (κ1) is 27.2. The number of benzene rings is 2. The molecule has 2 rings (SSSR count). The number of nitrogens with two attached hydrogens (primary N) is 1. The van der Waals surface area contributed by atoms with Gasteiger partial charge in [-0.25, -0.2) is 0 Å². The second kappa shape index (κ2) is 12.4. The molecule has 0 saturated carbocycles. The topological polar surface area (TPSA) is 90.7 Å². The molecule has 0 aliphatic rings. The van der Waals surface area contributed by atoms with Gasteiger partial charge in [-0.1, -0.05) is 65.5 Å². The average molecular weight is 469 g/mol. The van der Waals surface area contributed by atoms with Gasteiger partial charge in [0, 0.05) is 23.7 Å². The molecule has 34 heavy (non-hydrogen) atoms. The molecule has 0 fully saturated rings. The maximum absolute atomic E-state index is 13.3. The number of methoxy groups -OCH3 is 2. The molecule has 0 aliphatic heterocycles. The second-order valence-electron chi connectivity index (χ2n) is 9.78. The SMILES string of the molecule is CCCCCCC(CC(=O)Nc1cc(C(N)=O)ccc1C(C)(C)C)c1ccc(OC)cc1OC. The number of anilines is 1. The van der Waals surface area contributed by atoms with Crippen LogP contribution < -0.4 is 20.5 Å². The summed E-state index contributed by atoms with van der Waals surface area (Å²) < 4.78 is 11.0. The first-order valence-corrected chi connectivity index (χ1v) is 12.1. The Hall–Kier alpha value is -3.02. The minimum absolute atomic E-state index is 0.00452. The Morgan fingerprint density at radius 1 is 1.00 bits per heavy atom. The van der Waals surface area contributed by atoms with Crippen molar-refractivity contribution in [2.75, 3.05) is 19.5 Å². The van der Waals surface area contributed by atoms with Crippen molar-refractivity contribution < 1.29 is 19.1 Å². The summed E-state index contributed by atoms with van der Waals surface area (Å²) in [6.07, 6.45) is 5.67. The minimum atomic E-state index is -0.521. The lowest BCUT2D eigenvalue weighted by Gasteiger charge is -2.25. The van der Waals surface area contributed by atoms with Gasteiger partial charge in [-0.15, -0.1) is 0 Å². The van der Waals surface area contributed by atoms with E-state index in [0.717, 1.165) is 42.6 Å². The quantitative estimate of drug-likeness (QED) is 0.364. The molecule has 0 radical (unpaired) electrons. The Kier molecular flexibility index (Phi) is 9.97. The lowest BCUT2D eigenvalue weighted by atomic mass is 9.84. The largest absolute Gasteiger partial charge is 0.497 e. The Morgan fingerprint density at radius 2 is 1.74 bits per heavy atom. The van der Waals surface area contributed by atoms with Crippen LogP contribution in [0.1, 0.15) is 93.6 Å². The van der Waals surface area contributed by atoms with Crippen LogP contribution in [0.2, 0.25) is 0 Å². The molecular weight excluding hydrogens is 428 g/mol. The molecule has 6 nitrogen and oxygen atoms in total. The van der Waals surface area contributed by atoms with E-state index in [1.165, 1.54) is 6.42 Å². The number of unbranched alkanes of at least 4 members (excludes halogenated alkanes) is 3. The van der Waals surface area contributed by atoms with E-state index in [9.17, 15) is 9.59 Å². The lowest BCUT2D eigenvalue weighted by Crippen LogP contribution is -2.22. The van der Waals surface area contributed by atoms with E-state index in [1.807, 2.05) is 24.3 Å². The molecule has 2 aromatic carbocycles. The summed E-state index contributed by atoms with van der Waals surface area (Å²) in [4.78, 5) is 25.0. The molecule has 0 aromatic heterocycles. The van der Waals surface area contributed by atoms with Crippen molar-refractivity contribution >= 4 is 17.5 Å². The molecule has 186 valence electrons. The van der Waals surface area contributed by atoms with Crippen LogP contribution in [0.25, 0.3) is 0 Å². The maximum atomic E-state index is 13.3. The van der Waals surface area contributed by atoms with E-state index >= 15 is 0 Å². The van der Waals surface area contributed by atoms with Crippen molar-refractivity contribution in [2.24, 2.45) is 5.73 Å². The van der Waals surface area contributed by atoms with Crippen LogP contribution in [0.4, 0.5) is 5.69 Å². The number of carbonyl (C=O) groups is 2. The molecule has 2 amide bonds. The van der Waals surface area contributed by atoms with Crippen LogP contribution in [0.5, 0.6) is 11.5 Å². The molecule has 0 heterocycles. The van der Waals surface area contributed by atoms with Crippen LogP contribution in [0.15, 0.2) is 36.4 Å². The van der Waals surface area contributed by atoms with Gasteiger partial charge in [0.05, 0.1) is 14.2 Å². The van der Waals surface area contributed by atoms with Gasteiger partial charge in [-0.05, 0) is 47.1 Å². The summed E-state index contributed by atoms with van der Waals surface area (Å²) in [6.45, 7) is 8.40. The van der Waals surface area contributed by atoms with Gasteiger partial charge in [0.15, 0.2) is 0 Å². The first-order chi connectivity index (χ1) is 16.1. The smallest absolute Gasteiger partial charge is 0.248 e. The van der Waals surface area contributed by atoms with Crippen molar-refractivity contribution in [3.05, 3.63) is 53.1 Å². The number of hydrogen-bond acceptors (Lipinski definition) is 4. The van der Waals surface area contributed by atoms with Gasteiger partial charge in [-0.2, -0.15) is 0 Å².